The number of hydrogen-bond acceptors (Lipinski definition) is 7. The van der Waals surface area contributed by atoms with Crippen LogP contribution < -0.4 is 9.47 Å². The van der Waals surface area contributed by atoms with Gasteiger partial charge in [-0.25, -0.2) is 0 Å². The van der Waals surface area contributed by atoms with E-state index in [0.717, 1.165) is 13.1 Å². The number of phenolic OH excluding ortho intramolecular Hbond substituents is 1. The average molecular weight is 497 g/mol. The molecule has 0 saturated carbocycles. The molecule has 0 aromatic heterocycles. The number of likely N-dealkylation sites (tertiary alicyclic amines) is 1. The number of ketones is 1. The summed E-state index contributed by atoms with van der Waals surface area (Å²) >= 11 is 0. The van der Waals surface area contributed by atoms with E-state index in [4.69, 9.17) is 9.47 Å². The number of aromatic hydroxyl groups is 1. The normalized spacial score (nSPS) is 17.3. The smallest absolute Gasteiger partial charge is 0.295 e. The molecule has 1 heterocycles. The zero-order valence-electron chi connectivity index (χ0n) is 21.7. The van der Waals surface area contributed by atoms with Crippen LogP contribution in [0.1, 0.15) is 44.9 Å². The Morgan fingerprint density at radius 3 is 2.33 bits per heavy atom. The quantitative estimate of drug-likeness (QED) is 0.273. The van der Waals surface area contributed by atoms with E-state index in [-0.39, 0.29) is 22.8 Å². The zero-order valence-corrected chi connectivity index (χ0v) is 21.7. The van der Waals surface area contributed by atoms with Crippen LogP contribution in [0.2, 0.25) is 0 Å². The van der Waals surface area contributed by atoms with Crippen molar-refractivity contribution in [3.63, 3.8) is 0 Å². The number of likely N-dealkylation sites (N-methyl/N-ethyl adjacent to an activating group) is 1. The van der Waals surface area contributed by atoms with Gasteiger partial charge in [-0.2, -0.15) is 0 Å². The molecular formula is C28H36N2O6. The topological polar surface area (TPSA) is 99.5 Å². The first-order valence-corrected chi connectivity index (χ1v) is 12.3. The number of benzene rings is 2. The van der Waals surface area contributed by atoms with Gasteiger partial charge in [0, 0.05) is 18.7 Å². The van der Waals surface area contributed by atoms with Gasteiger partial charge in [-0.05, 0) is 61.0 Å². The molecular weight excluding hydrogens is 460 g/mol. The maximum Gasteiger partial charge on any atom is 0.295 e. The Morgan fingerprint density at radius 1 is 1.08 bits per heavy atom. The fourth-order valence-electron chi connectivity index (χ4n) is 4.24. The number of methoxy groups -OCH3 is 1. The molecule has 8 nitrogen and oxygen atoms in total. The summed E-state index contributed by atoms with van der Waals surface area (Å²) in [6.45, 7) is 11.2. The number of Topliss-reactive ketones (excluding diaryl/α,β-unsaturated/α-hetero) is 1. The largest absolute Gasteiger partial charge is 0.507 e. The van der Waals surface area contributed by atoms with Gasteiger partial charge in [0.25, 0.3) is 11.7 Å². The highest BCUT2D eigenvalue weighted by Crippen LogP contribution is 2.41. The minimum Gasteiger partial charge on any atom is -0.507 e. The number of carbonyl (C=O) groups excluding carboxylic acids is 2. The molecule has 0 radical (unpaired) electrons. The number of amides is 1. The van der Waals surface area contributed by atoms with Crippen molar-refractivity contribution in [2.24, 2.45) is 5.92 Å². The summed E-state index contributed by atoms with van der Waals surface area (Å²) in [5, 5.41) is 21.4. The molecule has 2 N–H and O–H groups in total. The molecule has 1 aliphatic rings. The van der Waals surface area contributed by atoms with Gasteiger partial charge in [0.15, 0.2) is 11.5 Å². The van der Waals surface area contributed by atoms with Crippen LogP contribution in [0.15, 0.2) is 48.0 Å². The Hall–Kier alpha value is -3.52. The molecule has 0 bridgehead atoms. The maximum absolute atomic E-state index is 13.2. The van der Waals surface area contributed by atoms with Crippen LogP contribution in [-0.2, 0) is 9.59 Å². The number of phenols is 1. The van der Waals surface area contributed by atoms with Crippen molar-refractivity contribution in [2.45, 2.75) is 33.7 Å². The van der Waals surface area contributed by atoms with Crippen LogP contribution in [-0.4, -0.2) is 71.6 Å². The van der Waals surface area contributed by atoms with E-state index in [1.807, 2.05) is 13.8 Å². The number of hydrogen-bond donors (Lipinski definition) is 2. The van der Waals surface area contributed by atoms with Crippen LogP contribution in [0, 0.1) is 5.92 Å². The third-order valence-corrected chi connectivity index (χ3v) is 6.32. The minimum atomic E-state index is -0.827. The highest BCUT2D eigenvalue weighted by Gasteiger charge is 2.46. The van der Waals surface area contributed by atoms with Crippen LogP contribution in [0.25, 0.3) is 5.76 Å². The van der Waals surface area contributed by atoms with Gasteiger partial charge in [0.1, 0.15) is 11.5 Å². The molecule has 2 aromatic carbocycles. The van der Waals surface area contributed by atoms with Gasteiger partial charge >= 0.3 is 0 Å². The first-order chi connectivity index (χ1) is 17.2. The summed E-state index contributed by atoms with van der Waals surface area (Å²) < 4.78 is 11.0. The van der Waals surface area contributed by atoms with Gasteiger partial charge in [-0.15, -0.1) is 0 Å². The van der Waals surface area contributed by atoms with Gasteiger partial charge in [0.05, 0.1) is 25.3 Å². The Labute approximate surface area is 212 Å². The number of nitrogens with zero attached hydrogens (tertiary/aromatic N) is 2. The molecule has 1 aliphatic heterocycles. The lowest BCUT2D eigenvalue weighted by Crippen LogP contribution is -2.38. The van der Waals surface area contributed by atoms with Crippen molar-refractivity contribution >= 4 is 17.4 Å². The van der Waals surface area contributed by atoms with Gasteiger partial charge < -0.3 is 29.5 Å². The lowest BCUT2D eigenvalue weighted by molar-refractivity contribution is -0.140. The van der Waals surface area contributed by atoms with E-state index < -0.39 is 17.7 Å². The van der Waals surface area contributed by atoms with Crippen molar-refractivity contribution in [2.75, 3.05) is 39.9 Å². The molecule has 0 unspecified atom stereocenters. The van der Waals surface area contributed by atoms with E-state index in [1.54, 1.807) is 36.4 Å². The Bertz CT molecular complexity index is 1110. The van der Waals surface area contributed by atoms with Crippen LogP contribution in [0.5, 0.6) is 17.2 Å². The van der Waals surface area contributed by atoms with Gasteiger partial charge in [-0.1, -0.05) is 33.8 Å². The molecule has 1 fully saturated rings. The van der Waals surface area contributed by atoms with Crippen LogP contribution in [0.3, 0.4) is 0 Å². The van der Waals surface area contributed by atoms with E-state index in [0.29, 0.717) is 42.5 Å². The molecule has 36 heavy (non-hydrogen) atoms. The van der Waals surface area contributed by atoms with Gasteiger partial charge in [0.2, 0.25) is 0 Å². The standard InChI is InChI=1S/C28H36N2O6/c1-6-29(7-2)14-15-30-25(20-10-13-22(31)23(16-20)35-5)24(27(33)28(30)34)26(32)19-8-11-21(12-9-19)36-17-18(3)4/h8-13,16,18,25,31-32H,6-7,14-15,17H2,1-5H3/t25-/m1/s1. The third-order valence-electron chi connectivity index (χ3n) is 6.32. The highest BCUT2D eigenvalue weighted by atomic mass is 16.5. The number of ether oxygens (including phenoxy) is 2. The monoisotopic (exact) mass is 496 g/mol. The van der Waals surface area contributed by atoms with Gasteiger partial charge in [-0.3, -0.25) is 9.59 Å². The average Bonchev–Trinajstić information content (AvgIpc) is 3.13. The second kappa shape index (κ2) is 11.9. The molecule has 194 valence electrons. The van der Waals surface area contributed by atoms with E-state index >= 15 is 0 Å². The fraction of sp³-hybridized carbons (Fsp3) is 0.429. The number of carbonyl (C=O) groups is 2. The summed E-state index contributed by atoms with van der Waals surface area (Å²) in [6.07, 6.45) is 0. The molecule has 8 heteroatoms. The SMILES string of the molecule is CCN(CC)CCN1C(=O)C(=O)C(=C(O)c2ccc(OCC(C)C)cc2)[C@H]1c1ccc(O)c(OC)c1. The number of aliphatic hydroxyl groups is 1. The highest BCUT2D eigenvalue weighted by molar-refractivity contribution is 6.46. The molecule has 0 aliphatic carbocycles. The zero-order chi connectivity index (χ0) is 26.4. The fourth-order valence-corrected chi connectivity index (χ4v) is 4.24. The minimum absolute atomic E-state index is 0.00291. The van der Waals surface area contributed by atoms with E-state index in [1.165, 1.54) is 18.1 Å². The Balaban J connectivity index is 2.06. The third kappa shape index (κ3) is 5.82. The first kappa shape index (κ1) is 27.1. The molecule has 1 saturated heterocycles. The molecule has 1 amide bonds. The first-order valence-electron chi connectivity index (χ1n) is 12.3. The van der Waals surface area contributed by atoms with Crippen molar-refractivity contribution in [3.8, 4) is 17.2 Å². The van der Waals surface area contributed by atoms with Crippen molar-refractivity contribution < 1.29 is 29.3 Å². The van der Waals surface area contributed by atoms with Crippen molar-refractivity contribution in [1.82, 2.24) is 9.80 Å². The van der Waals surface area contributed by atoms with E-state index in [2.05, 4.69) is 18.7 Å². The lowest BCUT2D eigenvalue weighted by atomic mass is 9.95. The van der Waals surface area contributed by atoms with Crippen LogP contribution >= 0.6 is 0 Å². The summed E-state index contributed by atoms with van der Waals surface area (Å²) in [6, 6.07) is 10.7. The summed E-state index contributed by atoms with van der Waals surface area (Å²) in [7, 11) is 1.43. The van der Waals surface area contributed by atoms with Crippen LogP contribution in [0.4, 0.5) is 0 Å². The second-order valence-electron chi connectivity index (χ2n) is 9.18. The predicted molar refractivity (Wildman–Crippen MR) is 138 cm³/mol. The summed E-state index contributed by atoms with van der Waals surface area (Å²) in [5.74, 6) is -0.493. The lowest BCUT2D eigenvalue weighted by Gasteiger charge is -2.28. The van der Waals surface area contributed by atoms with E-state index in [9.17, 15) is 19.8 Å². The summed E-state index contributed by atoms with van der Waals surface area (Å²) in [5.41, 5.74) is 0.967. The second-order valence-corrected chi connectivity index (χ2v) is 9.18. The maximum atomic E-state index is 13.2. The van der Waals surface area contributed by atoms with Crippen molar-refractivity contribution in [3.05, 3.63) is 59.2 Å². The molecule has 3 rings (SSSR count). The number of aliphatic hydroxyl groups excluding tert-OH is 1. The Kier molecular flexibility index (Phi) is 8.98. The molecule has 0 spiro atoms. The predicted octanol–water partition coefficient (Wildman–Crippen LogP) is 4.20. The van der Waals surface area contributed by atoms with Crippen molar-refractivity contribution in [1.29, 1.82) is 0 Å². The number of rotatable bonds is 11. The molecule has 2 aromatic rings. The molecule has 1 atom stereocenters. The summed E-state index contributed by atoms with van der Waals surface area (Å²) in [4.78, 5) is 30.0. The Morgan fingerprint density at radius 2 is 1.75 bits per heavy atom.